The molecule has 1 amide bonds. The van der Waals surface area contributed by atoms with E-state index in [0.29, 0.717) is 17.9 Å². The van der Waals surface area contributed by atoms with Crippen molar-refractivity contribution in [1.29, 1.82) is 0 Å². The molecule has 0 aliphatic carbocycles. The third kappa shape index (κ3) is 4.01. The molecule has 1 saturated heterocycles. The molecule has 22 heavy (non-hydrogen) atoms. The topological polar surface area (TPSA) is 54.5 Å². The van der Waals surface area contributed by atoms with Gasteiger partial charge >= 0.3 is 0 Å². The molecule has 1 aromatic rings. The molecule has 1 heterocycles. The third-order valence-corrected chi connectivity index (χ3v) is 6.65. The maximum absolute atomic E-state index is 13.7. The number of carbonyl (C=O) groups is 1. The number of benzene rings is 1. The first kappa shape index (κ1) is 17.3. The summed E-state index contributed by atoms with van der Waals surface area (Å²) in [4.78, 5) is 14.6. The van der Waals surface area contributed by atoms with Crippen LogP contribution in [-0.4, -0.2) is 48.6 Å². The second-order valence-electron chi connectivity index (χ2n) is 5.37. The summed E-state index contributed by atoms with van der Waals surface area (Å²) in [6.07, 6.45) is 0.485. The number of sulfone groups is 1. The van der Waals surface area contributed by atoms with Crippen LogP contribution in [0.3, 0.4) is 0 Å². The van der Waals surface area contributed by atoms with Gasteiger partial charge in [-0.3, -0.25) is 4.79 Å². The minimum absolute atomic E-state index is 0.0314. The molecule has 2 rings (SSSR count). The summed E-state index contributed by atoms with van der Waals surface area (Å²) in [6.45, 7) is 4.02. The van der Waals surface area contributed by atoms with Gasteiger partial charge in [-0.1, -0.05) is 12.1 Å². The largest absolute Gasteiger partial charge is 0.338 e. The molecule has 122 valence electrons. The summed E-state index contributed by atoms with van der Waals surface area (Å²) in [5.41, 5.74) is 0. The van der Waals surface area contributed by atoms with Crippen LogP contribution in [0.15, 0.2) is 29.2 Å². The molecule has 1 aromatic carbocycles. The number of carbonyl (C=O) groups excluding carboxylic acids is 1. The Bertz CT molecular complexity index is 648. The molecule has 1 fully saturated rings. The lowest BCUT2D eigenvalue weighted by atomic mass is 10.2. The highest BCUT2D eigenvalue weighted by molar-refractivity contribution is 8.00. The van der Waals surface area contributed by atoms with E-state index in [-0.39, 0.29) is 29.3 Å². The Morgan fingerprint density at radius 1 is 1.45 bits per heavy atom. The van der Waals surface area contributed by atoms with Gasteiger partial charge in [0.05, 0.1) is 16.8 Å². The number of rotatable bonds is 5. The summed E-state index contributed by atoms with van der Waals surface area (Å²) in [5.74, 6) is -0.323. The molecular weight excluding hydrogens is 325 g/mol. The van der Waals surface area contributed by atoms with Crippen LogP contribution in [0.25, 0.3) is 0 Å². The number of thioether (sulfide) groups is 1. The first-order valence-corrected chi connectivity index (χ1v) is 9.96. The van der Waals surface area contributed by atoms with Gasteiger partial charge in [-0.25, -0.2) is 12.8 Å². The SMILES string of the molecule is CCN(C(=O)C(C)Sc1ccccc1F)C1CCS(=O)(=O)C1. The standard InChI is InChI=1S/C15H20FNO3S2/c1-3-17(12-8-9-22(19,20)10-12)15(18)11(2)21-14-7-5-4-6-13(14)16/h4-7,11-12H,3,8-10H2,1-2H3. The fourth-order valence-electron chi connectivity index (χ4n) is 2.63. The van der Waals surface area contributed by atoms with E-state index in [1.54, 1.807) is 30.0 Å². The molecule has 7 heteroatoms. The van der Waals surface area contributed by atoms with Crippen molar-refractivity contribution in [3.8, 4) is 0 Å². The Morgan fingerprint density at radius 3 is 2.68 bits per heavy atom. The molecule has 0 N–H and O–H groups in total. The van der Waals surface area contributed by atoms with Crippen molar-refractivity contribution >= 4 is 27.5 Å². The van der Waals surface area contributed by atoms with Crippen molar-refractivity contribution in [2.45, 2.75) is 36.5 Å². The van der Waals surface area contributed by atoms with Gasteiger partial charge in [0.15, 0.2) is 9.84 Å². The molecule has 0 radical (unpaired) electrons. The van der Waals surface area contributed by atoms with Crippen LogP contribution in [0.5, 0.6) is 0 Å². The van der Waals surface area contributed by atoms with Gasteiger partial charge in [0.1, 0.15) is 5.82 Å². The van der Waals surface area contributed by atoms with Gasteiger partial charge in [-0.15, -0.1) is 11.8 Å². The first-order chi connectivity index (χ1) is 10.3. The summed E-state index contributed by atoms with van der Waals surface area (Å²) >= 11 is 1.17. The zero-order valence-corrected chi connectivity index (χ0v) is 14.3. The average Bonchev–Trinajstić information content (AvgIpc) is 2.82. The number of amides is 1. The minimum atomic E-state index is -3.04. The summed E-state index contributed by atoms with van der Waals surface area (Å²) in [7, 11) is -3.04. The zero-order chi connectivity index (χ0) is 16.3. The molecule has 2 unspecified atom stereocenters. The van der Waals surface area contributed by atoms with Crippen molar-refractivity contribution in [3.05, 3.63) is 30.1 Å². The Balaban J connectivity index is 2.07. The molecule has 0 aromatic heterocycles. The zero-order valence-electron chi connectivity index (χ0n) is 12.7. The molecule has 1 aliphatic rings. The quantitative estimate of drug-likeness (QED) is 0.769. The molecular formula is C15H20FNO3S2. The van der Waals surface area contributed by atoms with Gasteiger partial charge in [0.25, 0.3) is 0 Å². The highest BCUT2D eigenvalue weighted by Gasteiger charge is 2.35. The Hall–Kier alpha value is -1.08. The number of hydrogen-bond acceptors (Lipinski definition) is 4. The number of hydrogen-bond donors (Lipinski definition) is 0. The van der Waals surface area contributed by atoms with Crippen molar-refractivity contribution in [2.75, 3.05) is 18.1 Å². The van der Waals surface area contributed by atoms with Crippen LogP contribution in [0, 0.1) is 5.82 Å². The predicted octanol–water partition coefficient (Wildman–Crippen LogP) is 2.34. The summed E-state index contributed by atoms with van der Waals surface area (Å²) in [6, 6.07) is 6.07. The monoisotopic (exact) mass is 345 g/mol. The second kappa shape index (κ2) is 7.00. The summed E-state index contributed by atoms with van der Waals surface area (Å²) in [5, 5.41) is -0.458. The Morgan fingerprint density at radius 2 is 2.14 bits per heavy atom. The van der Waals surface area contributed by atoms with Crippen LogP contribution >= 0.6 is 11.8 Å². The van der Waals surface area contributed by atoms with E-state index in [1.807, 2.05) is 6.92 Å². The molecule has 0 saturated carbocycles. The van der Waals surface area contributed by atoms with Gasteiger partial charge in [0, 0.05) is 17.5 Å². The highest BCUT2D eigenvalue weighted by Crippen LogP contribution is 2.28. The normalized spacial score (nSPS) is 21.5. The van der Waals surface area contributed by atoms with Crippen LogP contribution in [-0.2, 0) is 14.6 Å². The van der Waals surface area contributed by atoms with Crippen LogP contribution in [0.1, 0.15) is 20.3 Å². The van der Waals surface area contributed by atoms with Gasteiger partial charge in [-0.2, -0.15) is 0 Å². The maximum Gasteiger partial charge on any atom is 0.236 e. The third-order valence-electron chi connectivity index (χ3n) is 3.76. The van der Waals surface area contributed by atoms with E-state index in [1.165, 1.54) is 17.8 Å². The second-order valence-corrected chi connectivity index (χ2v) is 8.98. The number of nitrogens with zero attached hydrogens (tertiary/aromatic N) is 1. The Kier molecular flexibility index (Phi) is 5.50. The summed E-state index contributed by atoms with van der Waals surface area (Å²) < 4.78 is 36.9. The van der Waals surface area contributed by atoms with E-state index in [2.05, 4.69) is 0 Å². The van der Waals surface area contributed by atoms with E-state index in [0.717, 1.165) is 0 Å². The Labute approximate surface area is 135 Å². The van der Waals surface area contributed by atoms with Crippen LogP contribution < -0.4 is 0 Å². The molecule has 0 bridgehead atoms. The fraction of sp³-hybridized carbons (Fsp3) is 0.533. The van der Waals surface area contributed by atoms with Crippen molar-refractivity contribution in [3.63, 3.8) is 0 Å². The van der Waals surface area contributed by atoms with E-state index < -0.39 is 15.1 Å². The van der Waals surface area contributed by atoms with Gasteiger partial charge in [0.2, 0.25) is 5.91 Å². The lowest BCUT2D eigenvalue weighted by Gasteiger charge is -2.29. The van der Waals surface area contributed by atoms with Crippen molar-refractivity contribution in [2.24, 2.45) is 0 Å². The molecule has 0 spiro atoms. The van der Waals surface area contributed by atoms with Gasteiger partial charge in [-0.05, 0) is 32.4 Å². The lowest BCUT2D eigenvalue weighted by molar-refractivity contribution is -0.131. The lowest BCUT2D eigenvalue weighted by Crippen LogP contribution is -2.44. The minimum Gasteiger partial charge on any atom is -0.338 e. The molecule has 4 nitrogen and oxygen atoms in total. The first-order valence-electron chi connectivity index (χ1n) is 7.26. The van der Waals surface area contributed by atoms with E-state index in [4.69, 9.17) is 0 Å². The van der Waals surface area contributed by atoms with Gasteiger partial charge < -0.3 is 4.90 Å². The van der Waals surface area contributed by atoms with Crippen molar-refractivity contribution in [1.82, 2.24) is 4.90 Å². The highest BCUT2D eigenvalue weighted by atomic mass is 32.2. The van der Waals surface area contributed by atoms with E-state index in [9.17, 15) is 17.6 Å². The molecule has 2 atom stereocenters. The smallest absolute Gasteiger partial charge is 0.236 e. The average molecular weight is 345 g/mol. The number of halogens is 1. The maximum atomic E-state index is 13.7. The molecule has 1 aliphatic heterocycles. The van der Waals surface area contributed by atoms with Crippen LogP contribution in [0.2, 0.25) is 0 Å². The van der Waals surface area contributed by atoms with Crippen LogP contribution in [0.4, 0.5) is 4.39 Å². The van der Waals surface area contributed by atoms with Crippen molar-refractivity contribution < 1.29 is 17.6 Å². The van der Waals surface area contributed by atoms with E-state index >= 15 is 0 Å². The fourth-order valence-corrected chi connectivity index (χ4v) is 5.32. The predicted molar refractivity (Wildman–Crippen MR) is 86.2 cm³/mol.